The molecule has 1 amide bonds. The molecule has 186 valence electrons. The second kappa shape index (κ2) is 11.3. The summed E-state index contributed by atoms with van der Waals surface area (Å²) in [6, 6.07) is 22.7. The summed E-state index contributed by atoms with van der Waals surface area (Å²) in [4.78, 5) is 34.4. The van der Waals surface area contributed by atoms with E-state index in [0.717, 1.165) is 36.9 Å². The quantitative estimate of drug-likeness (QED) is 0.252. The second-order valence-corrected chi connectivity index (χ2v) is 9.40. The Morgan fingerprint density at radius 1 is 0.972 bits per heavy atom. The van der Waals surface area contributed by atoms with Crippen molar-refractivity contribution < 1.29 is 4.79 Å². The van der Waals surface area contributed by atoms with Gasteiger partial charge in [-0.25, -0.2) is 4.98 Å². The van der Waals surface area contributed by atoms with E-state index in [1.54, 1.807) is 4.57 Å². The van der Waals surface area contributed by atoms with Crippen LogP contribution in [0.2, 0.25) is 0 Å². The average molecular weight is 482 g/mol. The number of para-hydroxylation sites is 1. The van der Waals surface area contributed by atoms with Gasteiger partial charge in [0, 0.05) is 12.1 Å². The van der Waals surface area contributed by atoms with E-state index in [2.05, 4.69) is 13.8 Å². The van der Waals surface area contributed by atoms with Crippen LogP contribution in [0.5, 0.6) is 0 Å². The normalized spacial score (nSPS) is 12.0. The van der Waals surface area contributed by atoms with Crippen LogP contribution in [-0.2, 0) is 6.42 Å². The lowest BCUT2D eigenvalue weighted by molar-refractivity contribution is 0.0677. The molecule has 36 heavy (non-hydrogen) atoms. The molecular weight excluding hydrogens is 446 g/mol. The monoisotopic (exact) mass is 481 g/mol. The van der Waals surface area contributed by atoms with E-state index in [-0.39, 0.29) is 11.5 Å². The molecule has 0 spiro atoms. The summed E-state index contributed by atoms with van der Waals surface area (Å²) in [6.07, 6.45) is 3.90. The highest BCUT2D eigenvalue weighted by Crippen LogP contribution is 2.25. The van der Waals surface area contributed by atoms with E-state index in [0.29, 0.717) is 28.8 Å². The van der Waals surface area contributed by atoms with E-state index in [1.807, 2.05) is 91.5 Å². The fourth-order valence-electron chi connectivity index (χ4n) is 4.64. The third-order valence-electron chi connectivity index (χ3n) is 6.78. The highest BCUT2D eigenvalue weighted by Gasteiger charge is 2.27. The fraction of sp³-hybridized carbons (Fsp3) is 0.323. The Hall–Kier alpha value is -3.73. The molecule has 0 aliphatic carbocycles. The van der Waals surface area contributed by atoms with Gasteiger partial charge in [-0.05, 0) is 74.2 Å². The van der Waals surface area contributed by atoms with Crippen LogP contribution in [-0.4, -0.2) is 26.9 Å². The summed E-state index contributed by atoms with van der Waals surface area (Å²) < 4.78 is 1.68. The highest BCUT2D eigenvalue weighted by molar-refractivity contribution is 5.94. The molecule has 0 saturated carbocycles. The molecule has 5 nitrogen and oxygen atoms in total. The average Bonchev–Trinajstić information content (AvgIpc) is 2.90. The minimum absolute atomic E-state index is 0.0422. The summed E-state index contributed by atoms with van der Waals surface area (Å²) >= 11 is 0. The number of aromatic nitrogens is 2. The largest absolute Gasteiger partial charge is 0.329 e. The van der Waals surface area contributed by atoms with E-state index in [9.17, 15) is 9.59 Å². The molecule has 4 rings (SSSR count). The Morgan fingerprint density at radius 2 is 1.72 bits per heavy atom. The van der Waals surface area contributed by atoms with Gasteiger partial charge in [0.2, 0.25) is 0 Å². The Kier molecular flexibility index (Phi) is 7.99. The summed E-state index contributed by atoms with van der Waals surface area (Å²) in [5.41, 5.74) is 4.18. The lowest BCUT2D eigenvalue weighted by Crippen LogP contribution is -2.38. The highest BCUT2D eigenvalue weighted by atomic mass is 16.2. The number of nitrogens with zero attached hydrogens (tertiary/aromatic N) is 3. The van der Waals surface area contributed by atoms with Crippen LogP contribution >= 0.6 is 0 Å². The number of carbonyl (C=O) groups is 1. The maximum absolute atomic E-state index is 13.8. The van der Waals surface area contributed by atoms with Gasteiger partial charge >= 0.3 is 0 Å². The molecule has 1 unspecified atom stereocenters. The second-order valence-electron chi connectivity index (χ2n) is 9.40. The van der Waals surface area contributed by atoms with Gasteiger partial charge in [-0.1, -0.05) is 63.1 Å². The first-order chi connectivity index (χ1) is 17.4. The third-order valence-corrected chi connectivity index (χ3v) is 6.78. The smallest absolute Gasteiger partial charge is 0.266 e. The number of hydrogen-bond acceptors (Lipinski definition) is 3. The molecule has 0 saturated heterocycles. The summed E-state index contributed by atoms with van der Waals surface area (Å²) in [5.74, 6) is 0.527. The van der Waals surface area contributed by atoms with Crippen LogP contribution in [0.3, 0.4) is 0 Å². The van der Waals surface area contributed by atoms with Crippen molar-refractivity contribution in [1.29, 1.82) is 0 Å². The van der Waals surface area contributed by atoms with Gasteiger partial charge in [0.15, 0.2) is 0 Å². The SMILES string of the molecule is CCCCCN(C(=O)c1ccc(CC)cc1)C(C)c1nc2ccccc2c(=O)n1-c1cccc(C)c1. The first kappa shape index (κ1) is 25.4. The minimum atomic E-state index is -0.405. The maximum Gasteiger partial charge on any atom is 0.266 e. The van der Waals surface area contributed by atoms with Crippen molar-refractivity contribution >= 4 is 16.8 Å². The molecule has 1 atom stereocenters. The number of amides is 1. The van der Waals surface area contributed by atoms with Crippen LogP contribution in [0.15, 0.2) is 77.6 Å². The van der Waals surface area contributed by atoms with Crippen molar-refractivity contribution in [3.05, 3.63) is 106 Å². The van der Waals surface area contributed by atoms with Crippen molar-refractivity contribution in [2.75, 3.05) is 6.54 Å². The van der Waals surface area contributed by atoms with Crippen molar-refractivity contribution in [1.82, 2.24) is 14.5 Å². The number of rotatable bonds is 9. The summed E-state index contributed by atoms with van der Waals surface area (Å²) in [7, 11) is 0. The fourth-order valence-corrected chi connectivity index (χ4v) is 4.64. The molecule has 0 fully saturated rings. The Bertz CT molecular complexity index is 1410. The standard InChI is InChI=1S/C31H35N3O2/c1-5-7-10-20-33(30(35)25-18-16-24(6-2)17-19-25)23(4)29-32-28-15-9-8-14-27(28)31(36)34(29)26-13-11-12-22(3)21-26/h8-9,11-19,21,23H,5-7,10,20H2,1-4H3. The third kappa shape index (κ3) is 5.25. The molecule has 0 aliphatic heterocycles. The Balaban J connectivity index is 1.86. The van der Waals surface area contributed by atoms with Crippen LogP contribution < -0.4 is 5.56 Å². The predicted molar refractivity (Wildman–Crippen MR) is 147 cm³/mol. The molecule has 0 bridgehead atoms. The molecule has 5 heteroatoms. The van der Waals surface area contributed by atoms with Gasteiger partial charge in [0.05, 0.1) is 22.6 Å². The van der Waals surface area contributed by atoms with Crippen LogP contribution in [0.4, 0.5) is 0 Å². The van der Waals surface area contributed by atoms with Crippen molar-refractivity contribution in [2.45, 2.75) is 59.4 Å². The van der Waals surface area contributed by atoms with Crippen LogP contribution in [0.25, 0.3) is 16.6 Å². The van der Waals surface area contributed by atoms with Crippen LogP contribution in [0, 0.1) is 6.92 Å². The van der Waals surface area contributed by atoms with Crippen molar-refractivity contribution in [3.8, 4) is 5.69 Å². The number of fused-ring (bicyclic) bond motifs is 1. The van der Waals surface area contributed by atoms with E-state index in [4.69, 9.17) is 4.98 Å². The number of benzene rings is 3. The minimum Gasteiger partial charge on any atom is -0.329 e. The molecule has 0 N–H and O–H groups in total. The number of unbranched alkanes of at least 4 members (excludes halogenated alkanes) is 2. The lowest BCUT2D eigenvalue weighted by atomic mass is 10.1. The zero-order chi connectivity index (χ0) is 25.7. The molecule has 1 aromatic heterocycles. The van der Waals surface area contributed by atoms with Crippen molar-refractivity contribution in [2.24, 2.45) is 0 Å². The number of aryl methyl sites for hydroxylation is 2. The number of carbonyl (C=O) groups excluding carboxylic acids is 1. The van der Waals surface area contributed by atoms with Gasteiger partial charge in [0.1, 0.15) is 5.82 Å². The van der Waals surface area contributed by atoms with E-state index >= 15 is 0 Å². The van der Waals surface area contributed by atoms with Gasteiger partial charge in [-0.15, -0.1) is 0 Å². The van der Waals surface area contributed by atoms with Crippen molar-refractivity contribution in [3.63, 3.8) is 0 Å². The molecule has 4 aromatic rings. The Morgan fingerprint density at radius 3 is 2.42 bits per heavy atom. The molecule has 0 aliphatic rings. The molecule has 0 radical (unpaired) electrons. The zero-order valence-corrected chi connectivity index (χ0v) is 21.7. The summed E-state index contributed by atoms with van der Waals surface area (Å²) in [5, 5.41) is 0.564. The lowest BCUT2D eigenvalue weighted by Gasteiger charge is -2.31. The predicted octanol–water partition coefficient (Wildman–Crippen LogP) is 6.65. The number of hydrogen-bond donors (Lipinski definition) is 0. The topological polar surface area (TPSA) is 55.2 Å². The van der Waals surface area contributed by atoms with Gasteiger partial charge in [0.25, 0.3) is 11.5 Å². The van der Waals surface area contributed by atoms with E-state index in [1.165, 1.54) is 5.56 Å². The van der Waals surface area contributed by atoms with Gasteiger partial charge in [-0.3, -0.25) is 14.2 Å². The zero-order valence-electron chi connectivity index (χ0n) is 21.7. The first-order valence-corrected chi connectivity index (χ1v) is 12.9. The Labute approximate surface area is 213 Å². The van der Waals surface area contributed by atoms with Gasteiger partial charge < -0.3 is 4.90 Å². The first-order valence-electron chi connectivity index (χ1n) is 12.9. The summed E-state index contributed by atoms with van der Waals surface area (Å²) in [6.45, 7) is 8.84. The molecule has 3 aromatic carbocycles. The molecule has 1 heterocycles. The van der Waals surface area contributed by atoms with Crippen LogP contribution in [0.1, 0.15) is 73.4 Å². The molecular formula is C31H35N3O2. The maximum atomic E-state index is 13.8. The van der Waals surface area contributed by atoms with Gasteiger partial charge in [-0.2, -0.15) is 0 Å². The van der Waals surface area contributed by atoms with E-state index < -0.39 is 6.04 Å².